The van der Waals surface area contributed by atoms with E-state index in [2.05, 4.69) is 10.2 Å². The third-order valence-electron chi connectivity index (χ3n) is 2.65. The van der Waals surface area contributed by atoms with Gasteiger partial charge in [-0.2, -0.15) is 0 Å². The van der Waals surface area contributed by atoms with Crippen LogP contribution >= 0.6 is 11.6 Å². The third-order valence-corrected chi connectivity index (χ3v) is 2.87. The first kappa shape index (κ1) is 11.2. The van der Waals surface area contributed by atoms with Crippen LogP contribution in [0.1, 0.15) is 10.4 Å². The van der Waals surface area contributed by atoms with Gasteiger partial charge in [0.1, 0.15) is 0 Å². The van der Waals surface area contributed by atoms with Crippen molar-refractivity contribution in [3.63, 3.8) is 0 Å². The van der Waals surface area contributed by atoms with Crippen molar-refractivity contribution >= 4 is 23.2 Å². The zero-order valence-corrected chi connectivity index (χ0v) is 9.63. The first-order valence-corrected chi connectivity index (χ1v) is 5.60. The second-order valence-corrected chi connectivity index (χ2v) is 4.24. The summed E-state index contributed by atoms with van der Waals surface area (Å²) in [5.74, 6) is -0.445. The minimum atomic E-state index is -0.445. The Morgan fingerprint density at radius 2 is 2.00 bits per heavy atom. The number of benzene rings is 1. The highest BCUT2D eigenvalue weighted by Gasteiger charge is 2.13. The number of hydrogen-bond acceptors (Lipinski definition) is 3. The van der Waals surface area contributed by atoms with Gasteiger partial charge in [0.05, 0.1) is 0 Å². The molecule has 16 heavy (non-hydrogen) atoms. The zero-order chi connectivity index (χ0) is 11.5. The smallest absolute Gasteiger partial charge is 0.248 e. The highest BCUT2D eigenvalue weighted by molar-refractivity contribution is 6.31. The van der Waals surface area contributed by atoms with E-state index in [0.717, 1.165) is 31.9 Å². The number of rotatable bonds is 2. The van der Waals surface area contributed by atoms with Gasteiger partial charge in [-0.25, -0.2) is 0 Å². The number of carbonyl (C=O) groups excluding carboxylic acids is 1. The summed E-state index contributed by atoms with van der Waals surface area (Å²) in [5.41, 5.74) is 6.67. The Morgan fingerprint density at radius 3 is 2.62 bits per heavy atom. The molecule has 1 aliphatic heterocycles. The predicted octanol–water partition coefficient (Wildman–Crippen LogP) is 0.848. The fourth-order valence-corrected chi connectivity index (χ4v) is 2.05. The lowest BCUT2D eigenvalue weighted by Gasteiger charge is -2.29. The van der Waals surface area contributed by atoms with E-state index in [9.17, 15) is 4.79 Å². The molecule has 4 nitrogen and oxygen atoms in total. The topological polar surface area (TPSA) is 58.4 Å². The molecule has 1 saturated heterocycles. The van der Waals surface area contributed by atoms with Gasteiger partial charge in [0.25, 0.3) is 0 Å². The second-order valence-electron chi connectivity index (χ2n) is 3.80. The van der Waals surface area contributed by atoms with Crippen molar-refractivity contribution in [2.75, 3.05) is 31.1 Å². The molecular weight excluding hydrogens is 226 g/mol. The zero-order valence-electron chi connectivity index (χ0n) is 8.87. The molecule has 1 aromatic carbocycles. The fourth-order valence-electron chi connectivity index (χ4n) is 1.82. The van der Waals surface area contributed by atoms with Gasteiger partial charge >= 0.3 is 0 Å². The lowest BCUT2D eigenvalue weighted by atomic mass is 10.1. The average molecular weight is 240 g/mol. The number of primary amides is 1. The minimum absolute atomic E-state index is 0.445. The molecule has 0 aliphatic carbocycles. The van der Waals surface area contributed by atoms with Gasteiger partial charge in [-0.3, -0.25) is 4.79 Å². The maximum atomic E-state index is 11.1. The van der Waals surface area contributed by atoms with Gasteiger partial charge in [-0.05, 0) is 18.2 Å². The van der Waals surface area contributed by atoms with E-state index < -0.39 is 5.91 Å². The van der Waals surface area contributed by atoms with E-state index in [0.29, 0.717) is 10.6 Å². The maximum Gasteiger partial charge on any atom is 0.248 e. The van der Waals surface area contributed by atoms with E-state index in [-0.39, 0.29) is 0 Å². The molecule has 5 heteroatoms. The molecule has 0 radical (unpaired) electrons. The van der Waals surface area contributed by atoms with Crippen LogP contribution in [0.3, 0.4) is 0 Å². The SMILES string of the molecule is NC(=O)c1cc(Cl)cc(N2CCNCC2)c1. The molecule has 1 aliphatic rings. The molecule has 2 rings (SSSR count). The van der Waals surface area contributed by atoms with Gasteiger partial charge in [0.2, 0.25) is 5.91 Å². The number of piperazine rings is 1. The first-order chi connectivity index (χ1) is 7.66. The normalized spacial score (nSPS) is 16.2. The maximum absolute atomic E-state index is 11.1. The predicted molar refractivity (Wildman–Crippen MR) is 65.1 cm³/mol. The molecule has 0 bridgehead atoms. The minimum Gasteiger partial charge on any atom is -0.369 e. The summed E-state index contributed by atoms with van der Waals surface area (Å²) < 4.78 is 0. The Bertz CT molecular complexity index is 402. The molecule has 1 aromatic rings. The quantitative estimate of drug-likeness (QED) is 0.805. The summed E-state index contributed by atoms with van der Waals surface area (Å²) in [6, 6.07) is 5.24. The lowest BCUT2D eigenvalue weighted by molar-refractivity contribution is 0.100. The van der Waals surface area contributed by atoms with Crippen LogP contribution in [0, 0.1) is 0 Å². The molecule has 1 amide bonds. The van der Waals surface area contributed by atoms with Gasteiger partial charge in [0.15, 0.2) is 0 Å². The summed E-state index contributed by atoms with van der Waals surface area (Å²) in [4.78, 5) is 13.3. The first-order valence-electron chi connectivity index (χ1n) is 5.23. The van der Waals surface area contributed by atoms with Gasteiger partial charge < -0.3 is 16.0 Å². The second kappa shape index (κ2) is 4.72. The number of nitrogens with two attached hydrogens (primary N) is 1. The molecule has 0 unspecified atom stereocenters. The summed E-state index contributed by atoms with van der Waals surface area (Å²) in [7, 11) is 0. The van der Waals surface area contributed by atoms with Gasteiger partial charge in [-0.1, -0.05) is 11.6 Å². The van der Waals surface area contributed by atoms with Crippen molar-refractivity contribution in [3.05, 3.63) is 28.8 Å². The standard InChI is InChI=1S/C11H14ClN3O/c12-9-5-8(11(13)16)6-10(7-9)15-3-1-14-2-4-15/h5-7,14H,1-4H2,(H2,13,16). The number of amides is 1. The van der Waals surface area contributed by atoms with Crippen LogP contribution in [0.5, 0.6) is 0 Å². The van der Waals surface area contributed by atoms with E-state index in [1.165, 1.54) is 0 Å². The average Bonchev–Trinajstić information content (AvgIpc) is 2.29. The summed E-state index contributed by atoms with van der Waals surface area (Å²) in [6.07, 6.45) is 0. The molecular formula is C11H14ClN3O. The van der Waals surface area contributed by atoms with Gasteiger partial charge in [-0.15, -0.1) is 0 Å². The molecule has 0 saturated carbocycles. The Kier molecular flexibility index (Phi) is 3.31. The van der Waals surface area contributed by atoms with E-state index in [1.807, 2.05) is 6.07 Å². The van der Waals surface area contributed by atoms with Crippen molar-refractivity contribution < 1.29 is 4.79 Å². The Morgan fingerprint density at radius 1 is 1.31 bits per heavy atom. The highest BCUT2D eigenvalue weighted by Crippen LogP contribution is 2.22. The summed E-state index contributed by atoms with van der Waals surface area (Å²) in [5, 5.41) is 3.82. The van der Waals surface area contributed by atoms with Crippen molar-refractivity contribution in [1.29, 1.82) is 0 Å². The molecule has 0 atom stereocenters. The van der Waals surface area contributed by atoms with Crippen molar-refractivity contribution in [1.82, 2.24) is 5.32 Å². The van der Waals surface area contributed by atoms with E-state index in [1.54, 1.807) is 12.1 Å². The Hall–Kier alpha value is -1.26. The molecule has 1 heterocycles. The molecule has 1 fully saturated rings. The molecule has 0 spiro atoms. The van der Waals surface area contributed by atoms with E-state index in [4.69, 9.17) is 17.3 Å². The highest BCUT2D eigenvalue weighted by atomic mass is 35.5. The van der Waals surface area contributed by atoms with Crippen LogP contribution in [-0.4, -0.2) is 32.1 Å². The van der Waals surface area contributed by atoms with E-state index >= 15 is 0 Å². The molecule has 3 N–H and O–H groups in total. The molecule has 0 aromatic heterocycles. The van der Waals surface area contributed by atoms with Crippen LogP contribution in [0.15, 0.2) is 18.2 Å². The number of hydrogen-bond donors (Lipinski definition) is 2. The van der Waals surface area contributed by atoms with Crippen LogP contribution in [0.4, 0.5) is 5.69 Å². The van der Waals surface area contributed by atoms with Crippen LogP contribution in [0.2, 0.25) is 5.02 Å². The van der Waals surface area contributed by atoms with Crippen molar-refractivity contribution in [3.8, 4) is 0 Å². The molecule has 86 valence electrons. The summed E-state index contributed by atoms with van der Waals surface area (Å²) >= 11 is 5.96. The van der Waals surface area contributed by atoms with Gasteiger partial charge in [0, 0.05) is 42.5 Å². The number of halogens is 1. The Labute approximate surface area is 99.4 Å². The third kappa shape index (κ3) is 2.46. The Balaban J connectivity index is 2.28. The number of nitrogens with zero attached hydrogens (tertiary/aromatic N) is 1. The largest absolute Gasteiger partial charge is 0.369 e. The van der Waals surface area contributed by atoms with Crippen molar-refractivity contribution in [2.24, 2.45) is 5.73 Å². The van der Waals surface area contributed by atoms with Crippen LogP contribution < -0.4 is 16.0 Å². The van der Waals surface area contributed by atoms with Crippen molar-refractivity contribution in [2.45, 2.75) is 0 Å². The fraction of sp³-hybridized carbons (Fsp3) is 0.364. The summed E-state index contributed by atoms with van der Waals surface area (Å²) in [6.45, 7) is 3.72. The number of anilines is 1. The monoisotopic (exact) mass is 239 g/mol. The number of carbonyl (C=O) groups is 1. The number of nitrogens with one attached hydrogen (secondary N) is 1. The lowest BCUT2D eigenvalue weighted by Crippen LogP contribution is -2.43. The van der Waals surface area contributed by atoms with Crippen LogP contribution in [0.25, 0.3) is 0 Å². The van der Waals surface area contributed by atoms with Crippen LogP contribution in [-0.2, 0) is 0 Å².